The van der Waals surface area contributed by atoms with Gasteiger partial charge in [-0.3, -0.25) is 9.36 Å². The topological polar surface area (TPSA) is 57.0 Å². The number of carbonyl (C=O) groups excluding carboxylic acids is 1. The number of aryl methyl sites for hydroxylation is 2. The molecule has 0 N–H and O–H groups in total. The average Bonchev–Trinajstić information content (AvgIpc) is 3.46. The first kappa shape index (κ1) is 20.3. The second-order valence-corrected chi connectivity index (χ2v) is 9.73. The molecule has 0 radical (unpaired) electrons. The third-order valence-corrected chi connectivity index (χ3v) is 7.12. The number of rotatable bonds is 7. The maximum atomic E-state index is 13.1. The van der Waals surface area contributed by atoms with E-state index in [0.717, 1.165) is 52.0 Å². The molecule has 0 aliphatic carbocycles. The van der Waals surface area contributed by atoms with Gasteiger partial charge in [0.1, 0.15) is 0 Å². The van der Waals surface area contributed by atoms with Gasteiger partial charge in [-0.05, 0) is 56.7 Å². The summed E-state index contributed by atoms with van der Waals surface area (Å²) >= 11 is 3.12. The van der Waals surface area contributed by atoms with Crippen LogP contribution in [0, 0.1) is 13.8 Å². The Morgan fingerprint density at radius 2 is 2.21 bits per heavy atom. The zero-order valence-electron chi connectivity index (χ0n) is 16.9. The highest BCUT2D eigenvalue weighted by molar-refractivity contribution is 8.00. The van der Waals surface area contributed by atoms with E-state index in [1.54, 1.807) is 11.3 Å². The molecule has 4 rings (SSSR count). The number of hydrogen-bond donors (Lipinski definition) is 0. The molecule has 0 saturated carbocycles. The van der Waals surface area contributed by atoms with Crippen molar-refractivity contribution in [2.24, 2.45) is 0 Å². The maximum absolute atomic E-state index is 13.1. The zero-order valence-corrected chi connectivity index (χ0v) is 18.6. The number of aromatic nitrogens is 3. The van der Waals surface area contributed by atoms with Crippen molar-refractivity contribution in [1.82, 2.24) is 14.8 Å². The molecule has 1 aliphatic heterocycles. The molecule has 0 unspecified atom stereocenters. The summed E-state index contributed by atoms with van der Waals surface area (Å²) < 4.78 is 7.98. The van der Waals surface area contributed by atoms with Gasteiger partial charge in [0.05, 0.1) is 22.8 Å². The van der Waals surface area contributed by atoms with Crippen LogP contribution in [0.1, 0.15) is 41.3 Å². The molecule has 3 heterocycles. The van der Waals surface area contributed by atoms with E-state index in [0.29, 0.717) is 6.54 Å². The summed E-state index contributed by atoms with van der Waals surface area (Å²) in [5.74, 6) is 0.977. The number of nitrogens with zero attached hydrogens (tertiary/aromatic N) is 3. The Labute approximate surface area is 179 Å². The van der Waals surface area contributed by atoms with Crippen LogP contribution in [0.25, 0.3) is 10.7 Å². The van der Waals surface area contributed by atoms with Crippen LogP contribution in [0.4, 0.5) is 0 Å². The van der Waals surface area contributed by atoms with Crippen molar-refractivity contribution in [2.75, 3.05) is 6.61 Å². The molecule has 7 heteroatoms. The van der Waals surface area contributed by atoms with Crippen molar-refractivity contribution in [2.45, 2.75) is 56.7 Å². The van der Waals surface area contributed by atoms with E-state index in [1.165, 1.54) is 11.8 Å². The number of ether oxygens (including phenoxy) is 1. The predicted octanol–water partition coefficient (Wildman–Crippen LogP) is 5.17. The van der Waals surface area contributed by atoms with Crippen molar-refractivity contribution < 1.29 is 9.53 Å². The van der Waals surface area contributed by atoms with Crippen molar-refractivity contribution in [3.8, 4) is 10.7 Å². The van der Waals surface area contributed by atoms with Gasteiger partial charge in [0.25, 0.3) is 0 Å². The normalized spacial score (nSPS) is 17.6. The van der Waals surface area contributed by atoms with Crippen LogP contribution in [0.5, 0.6) is 0 Å². The molecule has 0 amide bonds. The Balaban J connectivity index is 1.60. The van der Waals surface area contributed by atoms with Crippen LogP contribution < -0.4 is 0 Å². The van der Waals surface area contributed by atoms with Crippen LogP contribution in [-0.2, 0) is 11.3 Å². The molecule has 2 atom stereocenters. The Morgan fingerprint density at radius 3 is 2.93 bits per heavy atom. The molecule has 1 fully saturated rings. The van der Waals surface area contributed by atoms with Crippen molar-refractivity contribution in [1.29, 1.82) is 0 Å². The average molecular weight is 428 g/mol. The molecule has 1 aliphatic rings. The Kier molecular flexibility index (Phi) is 6.18. The largest absolute Gasteiger partial charge is 0.376 e. The zero-order chi connectivity index (χ0) is 20.4. The highest BCUT2D eigenvalue weighted by Gasteiger charge is 2.25. The second kappa shape index (κ2) is 8.81. The smallest absolute Gasteiger partial charge is 0.192 e. The number of thioether (sulfide) groups is 1. The van der Waals surface area contributed by atoms with E-state index in [9.17, 15) is 4.79 Å². The number of ketones is 1. The highest BCUT2D eigenvalue weighted by atomic mass is 32.2. The van der Waals surface area contributed by atoms with E-state index < -0.39 is 0 Å². The Bertz CT molecular complexity index is 992. The summed E-state index contributed by atoms with van der Waals surface area (Å²) in [6, 6.07) is 10.1. The first-order valence-electron chi connectivity index (χ1n) is 9.89. The van der Waals surface area contributed by atoms with Crippen molar-refractivity contribution in [3.05, 3.63) is 52.4 Å². The molecule has 0 bridgehead atoms. The molecule has 1 saturated heterocycles. The molecular weight excluding hydrogens is 402 g/mol. The van der Waals surface area contributed by atoms with Crippen molar-refractivity contribution >= 4 is 28.9 Å². The van der Waals surface area contributed by atoms with Gasteiger partial charge in [0.2, 0.25) is 0 Å². The summed E-state index contributed by atoms with van der Waals surface area (Å²) in [6.45, 7) is 7.47. The third kappa shape index (κ3) is 4.47. The summed E-state index contributed by atoms with van der Waals surface area (Å²) in [5.41, 5.74) is 2.89. The lowest BCUT2D eigenvalue weighted by molar-refractivity contribution is 0.0953. The Morgan fingerprint density at radius 1 is 1.34 bits per heavy atom. The third-order valence-electron chi connectivity index (χ3n) is 5.18. The molecular formula is C22H25N3O2S2. The fourth-order valence-corrected chi connectivity index (χ4v) is 5.20. The van der Waals surface area contributed by atoms with Gasteiger partial charge in [0.15, 0.2) is 16.8 Å². The van der Waals surface area contributed by atoms with Gasteiger partial charge < -0.3 is 4.74 Å². The predicted molar refractivity (Wildman–Crippen MR) is 118 cm³/mol. The number of benzene rings is 1. The first-order chi connectivity index (χ1) is 14.0. The summed E-state index contributed by atoms with van der Waals surface area (Å²) in [4.78, 5) is 14.2. The number of Topliss-reactive ketones (excluding diaryl/α,β-unsaturated/α-hetero) is 1. The number of carbonyl (C=O) groups is 1. The van der Waals surface area contributed by atoms with Crippen LogP contribution in [0.15, 0.2) is 40.9 Å². The lowest BCUT2D eigenvalue weighted by Crippen LogP contribution is -2.19. The van der Waals surface area contributed by atoms with Gasteiger partial charge in [-0.1, -0.05) is 35.5 Å². The minimum atomic E-state index is -0.251. The van der Waals surface area contributed by atoms with Crippen LogP contribution >= 0.6 is 23.1 Å². The van der Waals surface area contributed by atoms with E-state index >= 15 is 0 Å². The summed E-state index contributed by atoms with van der Waals surface area (Å²) in [5, 5.41) is 11.5. The minimum Gasteiger partial charge on any atom is -0.376 e. The Hall–Kier alpha value is -1.96. The monoisotopic (exact) mass is 427 g/mol. The molecule has 0 spiro atoms. The summed E-state index contributed by atoms with van der Waals surface area (Å²) in [7, 11) is 0. The van der Waals surface area contributed by atoms with E-state index in [2.05, 4.69) is 20.8 Å². The van der Waals surface area contributed by atoms with Crippen LogP contribution in [-0.4, -0.2) is 38.5 Å². The SMILES string of the molecule is Cc1ccc(C)c(C(=O)[C@H](C)Sc2nnc(-c3cccs3)n2C[C@@H]2CCCO2)c1. The number of thiophene rings is 1. The number of hydrogen-bond acceptors (Lipinski definition) is 6. The molecule has 152 valence electrons. The van der Waals surface area contributed by atoms with Crippen LogP contribution in [0.3, 0.4) is 0 Å². The maximum Gasteiger partial charge on any atom is 0.192 e. The van der Waals surface area contributed by atoms with Gasteiger partial charge in [-0.15, -0.1) is 21.5 Å². The molecule has 29 heavy (non-hydrogen) atoms. The summed E-state index contributed by atoms with van der Waals surface area (Å²) in [6.07, 6.45) is 2.31. The molecule has 5 nitrogen and oxygen atoms in total. The van der Waals surface area contributed by atoms with Gasteiger partial charge >= 0.3 is 0 Å². The minimum absolute atomic E-state index is 0.125. The van der Waals surface area contributed by atoms with Gasteiger partial charge in [0, 0.05) is 12.2 Å². The quantitative estimate of drug-likeness (QED) is 0.385. The fraction of sp³-hybridized carbons (Fsp3) is 0.409. The van der Waals surface area contributed by atoms with Crippen molar-refractivity contribution in [3.63, 3.8) is 0 Å². The van der Waals surface area contributed by atoms with E-state index in [1.807, 2.05) is 50.4 Å². The highest BCUT2D eigenvalue weighted by Crippen LogP contribution is 2.32. The standard InChI is InChI=1S/C22H25N3O2S2/c1-14-8-9-15(2)18(12-14)20(26)16(3)29-22-24-23-21(19-7-5-11-28-19)25(22)13-17-6-4-10-27-17/h5,7-9,11-12,16-17H,4,6,10,13H2,1-3H3/t16-,17-/m0/s1. The fourth-order valence-electron chi connectivity index (χ4n) is 3.55. The lowest BCUT2D eigenvalue weighted by Gasteiger charge is -2.16. The van der Waals surface area contributed by atoms with E-state index in [-0.39, 0.29) is 17.1 Å². The van der Waals surface area contributed by atoms with E-state index in [4.69, 9.17) is 4.74 Å². The lowest BCUT2D eigenvalue weighted by atomic mass is 10.0. The first-order valence-corrected chi connectivity index (χ1v) is 11.7. The van der Waals surface area contributed by atoms with Crippen LogP contribution in [0.2, 0.25) is 0 Å². The second-order valence-electron chi connectivity index (χ2n) is 7.47. The molecule has 1 aromatic carbocycles. The molecule has 2 aromatic heterocycles. The van der Waals surface area contributed by atoms with Gasteiger partial charge in [-0.25, -0.2) is 0 Å². The van der Waals surface area contributed by atoms with Gasteiger partial charge in [-0.2, -0.15) is 0 Å². The molecule has 3 aromatic rings.